The van der Waals surface area contributed by atoms with Crippen molar-refractivity contribution in [2.75, 3.05) is 31.2 Å². The van der Waals surface area contributed by atoms with Crippen LogP contribution in [0.25, 0.3) is 33.1 Å². The number of aryl methyl sites for hydroxylation is 1. The Balaban J connectivity index is 1.63. The first-order valence-corrected chi connectivity index (χ1v) is 10.8. The lowest BCUT2D eigenvalue weighted by Crippen LogP contribution is -2.29. The molecule has 5 heteroatoms. The molecule has 0 bridgehead atoms. The van der Waals surface area contributed by atoms with Gasteiger partial charge in [0.1, 0.15) is 0 Å². The number of aromatic amines is 1. The van der Waals surface area contributed by atoms with E-state index in [9.17, 15) is 10.2 Å². The number of rotatable bonds is 6. The first-order chi connectivity index (χ1) is 14.8. The Morgan fingerprint density at radius 3 is 2.33 bits per heavy atom. The number of benzene rings is 2. The van der Waals surface area contributed by atoms with Gasteiger partial charge < -0.3 is 20.1 Å². The zero-order valence-corrected chi connectivity index (χ0v) is 17.1. The number of fused-ring (bicyclic) bond motifs is 5. The summed E-state index contributed by atoms with van der Waals surface area (Å²) in [4.78, 5) is 10.5. The van der Waals surface area contributed by atoms with Crippen molar-refractivity contribution in [1.82, 2.24) is 9.97 Å². The maximum atomic E-state index is 9.31. The van der Waals surface area contributed by atoms with Crippen molar-refractivity contribution in [2.24, 2.45) is 0 Å². The first-order valence-electron chi connectivity index (χ1n) is 10.8. The van der Waals surface area contributed by atoms with Crippen LogP contribution in [-0.4, -0.2) is 46.5 Å². The van der Waals surface area contributed by atoms with E-state index in [1.165, 1.54) is 40.3 Å². The van der Waals surface area contributed by atoms with Gasteiger partial charge >= 0.3 is 0 Å². The van der Waals surface area contributed by atoms with Crippen LogP contribution in [0.1, 0.15) is 24.0 Å². The van der Waals surface area contributed by atoms with E-state index >= 15 is 0 Å². The number of aliphatic hydroxyl groups excluding tert-OH is 2. The van der Waals surface area contributed by atoms with E-state index in [0.29, 0.717) is 13.1 Å². The Bertz CT molecular complexity index is 1170. The third kappa shape index (κ3) is 3.24. The SMILES string of the molecule is OCCN(CCO)c1ccc(-c2nc3ccc4[nH]ccc4c3c3c2CCCC3)cc1. The minimum absolute atomic E-state index is 0.0646. The van der Waals surface area contributed by atoms with Crippen molar-refractivity contribution in [2.45, 2.75) is 25.7 Å². The Kier molecular flexibility index (Phi) is 5.15. The molecule has 5 rings (SSSR count). The number of nitrogens with one attached hydrogen (secondary N) is 1. The average Bonchev–Trinajstić information content (AvgIpc) is 3.27. The predicted molar refractivity (Wildman–Crippen MR) is 122 cm³/mol. The molecule has 0 amide bonds. The van der Waals surface area contributed by atoms with Crippen molar-refractivity contribution in [3.8, 4) is 11.3 Å². The van der Waals surface area contributed by atoms with Crippen LogP contribution in [0.15, 0.2) is 48.7 Å². The zero-order chi connectivity index (χ0) is 20.5. The van der Waals surface area contributed by atoms with Gasteiger partial charge in [0.2, 0.25) is 0 Å². The number of hydrogen-bond donors (Lipinski definition) is 3. The molecule has 0 radical (unpaired) electrons. The van der Waals surface area contributed by atoms with Gasteiger partial charge in [-0.15, -0.1) is 0 Å². The molecule has 2 aromatic heterocycles. The van der Waals surface area contributed by atoms with E-state index in [1.807, 2.05) is 11.1 Å². The molecule has 0 atom stereocenters. The first kappa shape index (κ1) is 19.1. The summed E-state index contributed by atoms with van der Waals surface area (Å²) in [6.45, 7) is 1.15. The summed E-state index contributed by atoms with van der Waals surface area (Å²) in [5.41, 5.74) is 8.29. The number of nitrogens with zero attached hydrogens (tertiary/aromatic N) is 2. The molecule has 4 aromatic rings. The molecule has 0 spiro atoms. The lowest BCUT2D eigenvalue weighted by molar-refractivity contribution is 0.281. The number of aliphatic hydroxyl groups is 2. The van der Waals surface area contributed by atoms with E-state index < -0.39 is 0 Å². The molecule has 0 saturated carbocycles. The van der Waals surface area contributed by atoms with Crippen LogP contribution in [0, 0.1) is 0 Å². The second-order valence-electron chi connectivity index (χ2n) is 8.00. The van der Waals surface area contributed by atoms with Gasteiger partial charge in [-0.3, -0.25) is 0 Å². The molecule has 2 aromatic carbocycles. The molecule has 30 heavy (non-hydrogen) atoms. The Morgan fingerprint density at radius 2 is 1.60 bits per heavy atom. The summed E-state index contributed by atoms with van der Waals surface area (Å²) in [5, 5.41) is 21.2. The molecular formula is C25H27N3O2. The second kappa shape index (κ2) is 8.09. The number of hydrogen-bond acceptors (Lipinski definition) is 4. The van der Waals surface area contributed by atoms with Gasteiger partial charge in [-0.25, -0.2) is 4.98 Å². The molecule has 0 aliphatic heterocycles. The summed E-state index contributed by atoms with van der Waals surface area (Å²) < 4.78 is 0. The summed E-state index contributed by atoms with van der Waals surface area (Å²) in [6.07, 6.45) is 6.61. The number of H-pyrrole nitrogens is 1. The Labute approximate surface area is 176 Å². The monoisotopic (exact) mass is 401 g/mol. The highest BCUT2D eigenvalue weighted by atomic mass is 16.3. The minimum Gasteiger partial charge on any atom is -0.395 e. The van der Waals surface area contributed by atoms with E-state index in [-0.39, 0.29) is 13.2 Å². The minimum atomic E-state index is 0.0646. The van der Waals surface area contributed by atoms with Crippen molar-refractivity contribution in [1.29, 1.82) is 0 Å². The Morgan fingerprint density at radius 1 is 0.867 bits per heavy atom. The molecule has 0 fully saturated rings. The zero-order valence-electron chi connectivity index (χ0n) is 17.1. The standard InChI is InChI=1S/C25H27N3O2/c29-15-13-28(14-16-30)18-7-5-17(6-8-18)25-20-4-2-1-3-19(20)24-21-11-12-26-22(21)9-10-23(24)27-25/h5-12,26,29-30H,1-4,13-16H2. The number of anilines is 1. The van der Waals surface area contributed by atoms with E-state index in [1.54, 1.807) is 0 Å². The smallest absolute Gasteiger partial charge is 0.0744 e. The van der Waals surface area contributed by atoms with Crippen molar-refractivity contribution in [3.05, 3.63) is 59.8 Å². The van der Waals surface area contributed by atoms with Gasteiger partial charge in [-0.2, -0.15) is 0 Å². The van der Waals surface area contributed by atoms with Crippen molar-refractivity contribution < 1.29 is 10.2 Å². The average molecular weight is 402 g/mol. The quantitative estimate of drug-likeness (QED) is 0.456. The molecule has 1 aliphatic rings. The third-order valence-corrected chi connectivity index (χ3v) is 6.25. The van der Waals surface area contributed by atoms with Crippen molar-refractivity contribution >= 4 is 27.5 Å². The Hall–Kier alpha value is -2.89. The third-order valence-electron chi connectivity index (χ3n) is 6.25. The lowest BCUT2D eigenvalue weighted by Gasteiger charge is -2.24. The van der Waals surface area contributed by atoms with Crippen LogP contribution >= 0.6 is 0 Å². The predicted octanol–water partition coefficient (Wildman–Crippen LogP) is 4.05. The van der Waals surface area contributed by atoms with Gasteiger partial charge in [-0.05, 0) is 67.1 Å². The largest absolute Gasteiger partial charge is 0.395 e. The summed E-state index contributed by atoms with van der Waals surface area (Å²) in [5.74, 6) is 0. The van der Waals surface area contributed by atoms with Crippen LogP contribution in [0.3, 0.4) is 0 Å². The highest BCUT2D eigenvalue weighted by molar-refractivity contribution is 6.08. The maximum Gasteiger partial charge on any atom is 0.0744 e. The molecule has 0 saturated heterocycles. The number of aromatic nitrogens is 2. The van der Waals surface area contributed by atoms with E-state index in [0.717, 1.165) is 35.3 Å². The fourth-order valence-electron chi connectivity index (χ4n) is 4.84. The summed E-state index contributed by atoms with van der Waals surface area (Å²) in [6, 6.07) is 14.8. The highest BCUT2D eigenvalue weighted by Gasteiger charge is 2.21. The fraction of sp³-hybridized carbons (Fsp3) is 0.320. The summed E-state index contributed by atoms with van der Waals surface area (Å²) in [7, 11) is 0. The molecule has 3 N–H and O–H groups in total. The fourth-order valence-corrected chi connectivity index (χ4v) is 4.84. The van der Waals surface area contributed by atoms with E-state index in [2.05, 4.69) is 47.4 Å². The topological polar surface area (TPSA) is 72.4 Å². The van der Waals surface area contributed by atoms with Crippen LogP contribution in [0.4, 0.5) is 5.69 Å². The molecule has 2 heterocycles. The van der Waals surface area contributed by atoms with Gasteiger partial charge in [0.15, 0.2) is 0 Å². The van der Waals surface area contributed by atoms with Gasteiger partial charge in [0.05, 0.1) is 24.4 Å². The second-order valence-corrected chi connectivity index (χ2v) is 8.00. The molecule has 0 unspecified atom stereocenters. The normalized spacial score (nSPS) is 13.7. The van der Waals surface area contributed by atoms with Gasteiger partial charge in [0.25, 0.3) is 0 Å². The maximum absolute atomic E-state index is 9.31. The van der Waals surface area contributed by atoms with Crippen LogP contribution < -0.4 is 4.90 Å². The van der Waals surface area contributed by atoms with Gasteiger partial charge in [0, 0.05) is 46.8 Å². The molecule has 5 nitrogen and oxygen atoms in total. The number of pyridine rings is 1. The highest BCUT2D eigenvalue weighted by Crippen LogP contribution is 2.38. The van der Waals surface area contributed by atoms with Crippen LogP contribution in [0.2, 0.25) is 0 Å². The van der Waals surface area contributed by atoms with E-state index in [4.69, 9.17) is 4.98 Å². The molecule has 154 valence electrons. The van der Waals surface area contributed by atoms with Gasteiger partial charge in [-0.1, -0.05) is 12.1 Å². The molecular weight excluding hydrogens is 374 g/mol. The van der Waals surface area contributed by atoms with Crippen LogP contribution in [0.5, 0.6) is 0 Å². The molecule has 1 aliphatic carbocycles. The summed E-state index contributed by atoms with van der Waals surface area (Å²) >= 11 is 0. The lowest BCUT2D eigenvalue weighted by atomic mass is 9.85. The van der Waals surface area contributed by atoms with Crippen molar-refractivity contribution in [3.63, 3.8) is 0 Å². The van der Waals surface area contributed by atoms with Crippen LogP contribution in [-0.2, 0) is 12.8 Å².